The highest BCUT2D eigenvalue weighted by Gasteiger charge is 2.53. The van der Waals surface area contributed by atoms with Crippen LogP contribution >= 0.6 is 23.2 Å². The third kappa shape index (κ3) is 6.40. The molecule has 0 aromatic heterocycles. The van der Waals surface area contributed by atoms with Crippen molar-refractivity contribution in [3.8, 4) is 0 Å². The first-order valence-corrected chi connectivity index (χ1v) is 18.8. The normalized spacial score (nSPS) is 21.5. The van der Waals surface area contributed by atoms with Gasteiger partial charge in [-0.1, -0.05) is 136 Å². The van der Waals surface area contributed by atoms with Gasteiger partial charge in [-0.05, 0) is 76.0 Å². The van der Waals surface area contributed by atoms with E-state index in [1.165, 1.54) is 10.4 Å². The van der Waals surface area contributed by atoms with Crippen molar-refractivity contribution >= 4 is 47.8 Å². The lowest BCUT2D eigenvalue weighted by Crippen LogP contribution is -2.67. The minimum Gasteiger partial charge on any atom is -0.405 e. The molecule has 1 saturated heterocycles. The van der Waals surface area contributed by atoms with Crippen LogP contribution in [0.1, 0.15) is 70.0 Å². The van der Waals surface area contributed by atoms with Gasteiger partial charge in [-0.2, -0.15) is 0 Å². The zero-order valence-corrected chi connectivity index (χ0v) is 29.1. The van der Waals surface area contributed by atoms with Gasteiger partial charge in [-0.3, -0.25) is 4.79 Å². The Bertz CT molecular complexity index is 1560. The minimum atomic E-state index is -2.80. The zero-order chi connectivity index (χ0) is 31.8. The number of benzene rings is 4. The van der Waals surface area contributed by atoms with E-state index >= 15 is 0 Å². The van der Waals surface area contributed by atoms with Crippen molar-refractivity contribution in [2.45, 2.75) is 70.0 Å². The topological polar surface area (TPSA) is 29.5 Å². The predicted molar refractivity (Wildman–Crippen MR) is 189 cm³/mol. The number of piperidine rings is 1. The van der Waals surface area contributed by atoms with E-state index in [2.05, 4.69) is 118 Å². The lowest BCUT2D eigenvalue weighted by molar-refractivity contribution is -0.147. The molecule has 0 radical (unpaired) electrons. The van der Waals surface area contributed by atoms with Crippen LogP contribution in [0.3, 0.4) is 0 Å². The van der Waals surface area contributed by atoms with E-state index in [1.807, 2.05) is 24.3 Å². The number of likely N-dealkylation sites (tertiary alicyclic amines) is 1. The average molecular weight is 657 g/mol. The molecule has 3 nitrogen and oxygen atoms in total. The van der Waals surface area contributed by atoms with E-state index in [4.69, 9.17) is 27.6 Å². The number of nitrogens with zero attached hydrogens (tertiary/aromatic N) is 1. The summed E-state index contributed by atoms with van der Waals surface area (Å²) < 4.78 is 7.53. The molecule has 234 valence electrons. The van der Waals surface area contributed by atoms with Gasteiger partial charge < -0.3 is 9.33 Å². The van der Waals surface area contributed by atoms with Crippen LogP contribution in [-0.4, -0.2) is 31.8 Å². The molecular weight excluding hydrogens is 613 g/mol. The van der Waals surface area contributed by atoms with Crippen molar-refractivity contribution in [1.29, 1.82) is 0 Å². The predicted octanol–water partition coefficient (Wildman–Crippen LogP) is 9.04. The van der Waals surface area contributed by atoms with Crippen LogP contribution < -0.4 is 10.4 Å². The van der Waals surface area contributed by atoms with E-state index in [0.29, 0.717) is 22.6 Å². The van der Waals surface area contributed by atoms with E-state index in [0.717, 1.165) is 30.4 Å². The highest BCUT2D eigenvalue weighted by Crippen LogP contribution is 2.50. The summed E-state index contributed by atoms with van der Waals surface area (Å²) in [6, 6.07) is 37.6. The Morgan fingerprint density at radius 1 is 0.800 bits per heavy atom. The Hall–Kier alpha value is -2.89. The fourth-order valence-electron chi connectivity index (χ4n) is 7.57. The lowest BCUT2D eigenvalue weighted by Gasteiger charge is -2.50. The Morgan fingerprint density at radius 3 is 1.93 bits per heavy atom. The fraction of sp³-hybridized carbons (Fsp3) is 0.359. The van der Waals surface area contributed by atoms with E-state index in [-0.39, 0.29) is 34.9 Å². The zero-order valence-electron chi connectivity index (χ0n) is 26.6. The Morgan fingerprint density at radius 2 is 1.40 bits per heavy atom. The molecule has 1 aliphatic carbocycles. The van der Waals surface area contributed by atoms with Crippen molar-refractivity contribution < 1.29 is 9.22 Å². The summed E-state index contributed by atoms with van der Waals surface area (Å²) in [5.41, 5.74) is 2.26. The highest BCUT2D eigenvalue weighted by molar-refractivity contribution is 6.99. The van der Waals surface area contributed by atoms with Gasteiger partial charge in [0.2, 0.25) is 5.91 Å². The summed E-state index contributed by atoms with van der Waals surface area (Å²) in [4.78, 5) is 16.7. The largest absolute Gasteiger partial charge is 0.405 e. The second-order valence-corrected chi connectivity index (χ2v) is 19.1. The summed E-state index contributed by atoms with van der Waals surface area (Å²) >= 11 is 12.9. The third-order valence-corrected chi connectivity index (χ3v) is 15.4. The first-order chi connectivity index (χ1) is 21.6. The molecule has 2 aliphatic rings. The molecule has 6 heteroatoms. The highest BCUT2D eigenvalue weighted by atomic mass is 35.5. The molecule has 45 heavy (non-hydrogen) atoms. The standard InChI is InChI=1S/C39H43Cl2NO2Si/c1-27-24-35(30-12-11-13-32(41)25-30)37(29-20-22-31(40)23-21-29)42(38(27)43)36(28-18-19-28)26-44-45(39(2,3)4,33-14-7-5-8-15-33)34-16-9-6-10-17-34/h5-17,20-23,25,27-28,35-37H,18-19,24,26H2,1-4H3/t27?,35-,36-,37?/m1/s1. The van der Waals surface area contributed by atoms with Crippen LogP contribution in [-0.2, 0) is 9.22 Å². The monoisotopic (exact) mass is 655 g/mol. The lowest BCUT2D eigenvalue weighted by atomic mass is 9.75. The van der Waals surface area contributed by atoms with E-state index in [9.17, 15) is 4.79 Å². The van der Waals surface area contributed by atoms with Gasteiger partial charge in [0.1, 0.15) is 0 Å². The quantitative estimate of drug-likeness (QED) is 0.168. The number of amides is 1. The van der Waals surface area contributed by atoms with E-state index in [1.54, 1.807) is 0 Å². The molecule has 1 heterocycles. The van der Waals surface area contributed by atoms with Crippen LogP contribution in [0.5, 0.6) is 0 Å². The Kier molecular flexibility index (Phi) is 9.32. The third-order valence-electron chi connectivity index (χ3n) is 9.86. The summed E-state index contributed by atoms with van der Waals surface area (Å²) in [6.45, 7) is 9.50. The maximum absolute atomic E-state index is 14.5. The second-order valence-electron chi connectivity index (χ2n) is 13.9. The van der Waals surface area contributed by atoms with Crippen molar-refractivity contribution in [3.63, 3.8) is 0 Å². The summed E-state index contributed by atoms with van der Waals surface area (Å²) in [7, 11) is -2.80. The SMILES string of the molecule is CC1C[C@H](c2cccc(Cl)c2)C(c2ccc(Cl)cc2)N([C@H](CO[Si](c2ccccc2)(c2ccccc2)C(C)(C)C)C2CC2)C1=O. The number of hydrogen-bond acceptors (Lipinski definition) is 2. The molecule has 1 aliphatic heterocycles. The Labute approximate surface area is 279 Å². The molecule has 1 saturated carbocycles. The van der Waals surface area contributed by atoms with Crippen molar-refractivity contribution in [2.75, 3.05) is 6.61 Å². The Balaban J connectivity index is 1.46. The second kappa shape index (κ2) is 13.1. The fourth-order valence-corrected chi connectivity index (χ4v) is 12.5. The summed E-state index contributed by atoms with van der Waals surface area (Å²) in [6.07, 6.45) is 2.96. The summed E-state index contributed by atoms with van der Waals surface area (Å²) in [5.74, 6) is 0.571. The summed E-state index contributed by atoms with van der Waals surface area (Å²) in [5, 5.41) is 3.76. The maximum Gasteiger partial charge on any atom is 0.261 e. The smallest absolute Gasteiger partial charge is 0.261 e. The van der Waals surface area contributed by atoms with Gasteiger partial charge >= 0.3 is 0 Å². The van der Waals surface area contributed by atoms with Crippen LogP contribution in [0.4, 0.5) is 0 Å². The molecule has 0 bridgehead atoms. The van der Waals surface area contributed by atoms with Crippen molar-refractivity contribution in [1.82, 2.24) is 4.90 Å². The molecule has 0 N–H and O–H groups in total. The van der Waals surface area contributed by atoms with Crippen LogP contribution in [0.15, 0.2) is 109 Å². The average Bonchev–Trinajstić information content (AvgIpc) is 3.87. The number of hydrogen-bond donors (Lipinski definition) is 0. The molecule has 1 amide bonds. The number of carbonyl (C=O) groups excluding carboxylic acids is 1. The number of carbonyl (C=O) groups is 1. The minimum absolute atomic E-state index is 0.0516. The van der Waals surface area contributed by atoms with E-state index < -0.39 is 8.32 Å². The molecule has 4 atom stereocenters. The molecule has 4 aromatic carbocycles. The van der Waals surface area contributed by atoms with Gasteiger partial charge in [-0.15, -0.1) is 0 Å². The van der Waals surface area contributed by atoms with Crippen molar-refractivity contribution in [3.05, 3.63) is 130 Å². The number of rotatable bonds is 9. The van der Waals surface area contributed by atoms with Crippen molar-refractivity contribution in [2.24, 2.45) is 11.8 Å². The molecule has 2 unspecified atom stereocenters. The van der Waals surface area contributed by atoms with Gasteiger partial charge in [-0.25, -0.2) is 0 Å². The van der Waals surface area contributed by atoms with Crippen LogP contribution in [0.2, 0.25) is 15.1 Å². The van der Waals surface area contributed by atoms with Gasteiger partial charge in [0.15, 0.2) is 0 Å². The first kappa shape index (κ1) is 32.1. The molecule has 6 rings (SSSR count). The van der Waals surface area contributed by atoms with Crippen LogP contribution in [0.25, 0.3) is 0 Å². The van der Waals surface area contributed by atoms with Crippen LogP contribution in [0, 0.1) is 11.8 Å². The molecule has 0 spiro atoms. The van der Waals surface area contributed by atoms with Gasteiger partial charge in [0, 0.05) is 21.9 Å². The number of halogens is 2. The first-order valence-electron chi connectivity index (χ1n) is 16.2. The van der Waals surface area contributed by atoms with Gasteiger partial charge in [0.25, 0.3) is 8.32 Å². The molecule has 4 aromatic rings. The van der Waals surface area contributed by atoms with Gasteiger partial charge in [0.05, 0.1) is 18.7 Å². The maximum atomic E-state index is 14.5. The molecule has 2 fully saturated rings. The molecular formula is C39H43Cl2NO2Si.